The van der Waals surface area contributed by atoms with Gasteiger partial charge in [-0.25, -0.2) is 0 Å². The van der Waals surface area contributed by atoms with E-state index in [0.29, 0.717) is 0 Å². The molecule has 0 amide bonds. The number of para-hydroxylation sites is 1. The molecular weight excluding hydrogens is 190 g/mol. The Morgan fingerprint density at radius 3 is 2.57 bits per heavy atom. The van der Waals surface area contributed by atoms with Crippen molar-refractivity contribution in [1.29, 1.82) is 0 Å². The molecule has 14 heavy (non-hydrogen) atoms. The number of ether oxygens (including phenoxy) is 1. The predicted octanol–water partition coefficient (Wildman–Crippen LogP) is 2.85. The van der Waals surface area contributed by atoms with Gasteiger partial charge in [-0.15, -0.1) is 0 Å². The van der Waals surface area contributed by atoms with Gasteiger partial charge in [0.1, 0.15) is 5.75 Å². The minimum Gasteiger partial charge on any atom is -0.444 e. The van der Waals surface area contributed by atoms with E-state index in [9.17, 15) is 0 Å². The van der Waals surface area contributed by atoms with E-state index < -0.39 is 8.24 Å². The fourth-order valence-corrected chi connectivity index (χ4v) is 2.38. The summed E-state index contributed by atoms with van der Waals surface area (Å²) in [6.07, 6.45) is 0.862. The lowest BCUT2D eigenvalue weighted by Crippen LogP contribution is -2.21. The van der Waals surface area contributed by atoms with Gasteiger partial charge in [-0.05, 0) is 25.7 Å². The molecular formula is C11H15NOSi. The number of hydrogen-bond donors (Lipinski definition) is 0. The largest absolute Gasteiger partial charge is 0.444 e. The number of rotatable bonds is 1. The van der Waals surface area contributed by atoms with Gasteiger partial charge in [0.25, 0.3) is 0 Å². The molecule has 2 rings (SSSR count). The van der Waals surface area contributed by atoms with Crippen molar-refractivity contribution in [3.8, 4) is 5.75 Å². The summed E-state index contributed by atoms with van der Waals surface area (Å²) in [4.78, 5) is 0. The SMILES string of the molecule is C[Si](C)(C)/N=C1\Cc2ccccc2O1. The summed E-state index contributed by atoms with van der Waals surface area (Å²) in [6, 6.07) is 8.14. The quantitative estimate of drug-likeness (QED) is 0.646. The summed E-state index contributed by atoms with van der Waals surface area (Å²) in [5.74, 6) is 1.87. The van der Waals surface area contributed by atoms with Crippen molar-refractivity contribution in [3.05, 3.63) is 29.8 Å². The monoisotopic (exact) mass is 205 g/mol. The first-order chi connectivity index (χ1) is 6.54. The summed E-state index contributed by atoms with van der Waals surface area (Å²) in [5.41, 5.74) is 1.25. The van der Waals surface area contributed by atoms with Crippen LogP contribution in [0.25, 0.3) is 0 Å². The van der Waals surface area contributed by atoms with Crippen molar-refractivity contribution in [2.75, 3.05) is 0 Å². The molecule has 74 valence electrons. The molecule has 0 bridgehead atoms. The normalized spacial score (nSPS) is 18.1. The molecule has 0 saturated heterocycles. The molecule has 1 heterocycles. The van der Waals surface area contributed by atoms with E-state index in [1.165, 1.54) is 5.56 Å². The van der Waals surface area contributed by atoms with Gasteiger partial charge in [-0.2, -0.15) is 0 Å². The van der Waals surface area contributed by atoms with Gasteiger partial charge in [0.2, 0.25) is 0 Å². The molecule has 2 nitrogen and oxygen atoms in total. The lowest BCUT2D eigenvalue weighted by atomic mass is 10.2. The average Bonchev–Trinajstić information content (AvgIpc) is 2.42. The Morgan fingerprint density at radius 2 is 1.93 bits per heavy atom. The van der Waals surface area contributed by atoms with Crippen molar-refractivity contribution >= 4 is 14.1 Å². The number of fused-ring (bicyclic) bond motifs is 1. The van der Waals surface area contributed by atoms with Crippen LogP contribution in [-0.4, -0.2) is 14.1 Å². The molecule has 0 unspecified atom stereocenters. The number of benzene rings is 1. The molecule has 0 atom stereocenters. The van der Waals surface area contributed by atoms with Crippen LogP contribution >= 0.6 is 0 Å². The standard InChI is InChI=1S/C11H15NOSi/c1-14(2,3)12-11-8-9-6-4-5-7-10(9)13-11/h4-7H,8H2,1-3H3/b12-11+. The van der Waals surface area contributed by atoms with Gasteiger partial charge in [0, 0.05) is 5.56 Å². The molecule has 0 spiro atoms. The lowest BCUT2D eigenvalue weighted by Gasteiger charge is -2.09. The first-order valence-corrected chi connectivity index (χ1v) is 8.34. The fourth-order valence-electron chi connectivity index (χ4n) is 1.51. The third-order valence-corrected chi connectivity index (χ3v) is 2.92. The predicted molar refractivity (Wildman–Crippen MR) is 61.6 cm³/mol. The highest BCUT2D eigenvalue weighted by Crippen LogP contribution is 2.26. The summed E-state index contributed by atoms with van der Waals surface area (Å²) < 4.78 is 10.3. The molecule has 1 aromatic carbocycles. The van der Waals surface area contributed by atoms with Crippen LogP contribution in [0.3, 0.4) is 0 Å². The summed E-state index contributed by atoms with van der Waals surface area (Å²) in [7, 11) is -1.40. The zero-order valence-electron chi connectivity index (χ0n) is 8.87. The Morgan fingerprint density at radius 1 is 1.21 bits per heavy atom. The molecule has 0 N–H and O–H groups in total. The van der Waals surface area contributed by atoms with Gasteiger partial charge in [0.15, 0.2) is 14.1 Å². The van der Waals surface area contributed by atoms with E-state index in [2.05, 4.69) is 30.4 Å². The van der Waals surface area contributed by atoms with Crippen molar-refractivity contribution in [3.63, 3.8) is 0 Å². The van der Waals surface area contributed by atoms with Crippen molar-refractivity contribution < 1.29 is 4.74 Å². The zero-order valence-corrected chi connectivity index (χ0v) is 9.87. The average molecular weight is 205 g/mol. The van der Waals surface area contributed by atoms with E-state index in [4.69, 9.17) is 4.74 Å². The maximum atomic E-state index is 5.67. The van der Waals surface area contributed by atoms with Crippen molar-refractivity contribution in [1.82, 2.24) is 0 Å². The Bertz CT molecular complexity index is 352. The van der Waals surface area contributed by atoms with Gasteiger partial charge >= 0.3 is 0 Å². The number of hydrogen-bond acceptors (Lipinski definition) is 2. The zero-order chi connectivity index (χ0) is 10.2. The molecule has 3 heteroatoms. The molecule has 0 fully saturated rings. The van der Waals surface area contributed by atoms with Crippen LogP contribution in [0, 0.1) is 0 Å². The fraction of sp³-hybridized carbons (Fsp3) is 0.364. The van der Waals surface area contributed by atoms with Crippen molar-refractivity contribution in [2.24, 2.45) is 4.66 Å². The molecule has 0 aliphatic carbocycles. The van der Waals surface area contributed by atoms with E-state index in [1.807, 2.05) is 18.2 Å². The van der Waals surface area contributed by atoms with Gasteiger partial charge in [-0.3, -0.25) is 4.66 Å². The summed E-state index contributed by atoms with van der Waals surface area (Å²) in [5, 5.41) is 0. The lowest BCUT2D eigenvalue weighted by molar-refractivity contribution is 0.566. The highest BCUT2D eigenvalue weighted by Gasteiger charge is 2.21. The van der Waals surface area contributed by atoms with Gasteiger partial charge in [-0.1, -0.05) is 18.2 Å². The molecule has 1 aromatic rings. The third-order valence-electron chi connectivity index (χ3n) is 2.00. The van der Waals surface area contributed by atoms with Crippen LogP contribution in [0.1, 0.15) is 5.56 Å². The number of nitrogens with zero attached hydrogens (tertiary/aromatic N) is 1. The second kappa shape index (κ2) is 3.24. The maximum absolute atomic E-state index is 5.67. The first kappa shape index (κ1) is 9.46. The summed E-state index contributed by atoms with van der Waals surface area (Å²) >= 11 is 0. The smallest absolute Gasteiger partial charge is 0.185 e. The molecule has 1 aliphatic rings. The van der Waals surface area contributed by atoms with E-state index in [1.54, 1.807) is 0 Å². The molecule has 1 aliphatic heterocycles. The maximum Gasteiger partial charge on any atom is 0.185 e. The first-order valence-electron chi connectivity index (χ1n) is 4.89. The molecule has 0 saturated carbocycles. The van der Waals surface area contributed by atoms with E-state index >= 15 is 0 Å². The van der Waals surface area contributed by atoms with E-state index in [0.717, 1.165) is 18.1 Å². The van der Waals surface area contributed by atoms with Gasteiger partial charge < -0.3 is 4.74 Å². The van der Waals surface area contributed by atoms with Crippen LogP contribution in [0.2, 0.25) is 19.6 Å². The Balaban J connectivity index is 2.24. The Hall–Kier alpha value is -1.09. The minimum absolute atomic E-state index is 0.862. The van der Waals surface area contributed by atoms with Crippen molar-refractivity contribution in [2.45, 2.75) is 26.1 Å². The molecule has 0 aromatic heterocycles. The highest BCUT2D eigenvalue weighted by molar-refractivity contribution is 6.75. The van der Waals surface area contributed by atoms with Gasteiger partial charge in [0.05, 0.1) is 6.42 Å². The van der Waals surface area contributed by atoms with Crippen LogP contribution in [0.4, 0.5) is 0 Å². The Labute approximate surface area is 85.7 Å². The van der Waals surface area contributed by atoms with Crippen LogP contribution in [-0.2, 0) is 6.42 Å². The summed E-state index contributed by atoms with van der Waals surface area (Å²) in [6.45, 7) is 6.64. The third kappa shape index (κ3) is 2.04. The minimum atomic E-state index is -1.40. The highest BCUT2D eigenvalue weighted by atomic mass is 28.3. The van der Waals surface area contributed by atoms with Crippen LogP contribution in [0.15, 0.2) is 28.9 Å². The van der Waals surface area contributed by atoms with E-state index in [-0.39, 0.29) is 0 Å². The Kier molecular flexibility index (Phi) is 2.19. The van der Waals surface area contributed by atoms with Crippen LogP contribution < -0.4 is 4.74 Å². The molecule has 0 radical (unpaired) electrons. The van der Waals surface area contributed by atoms with Crippen LogP contribution in [0.5, 0.6) is 5.75 Å². The topological polar surface area (TPSA) is 21.6 Å². The second-order valence-electron chi connectivity index (χ2n) is 4.56. The second-order valence-corrected chi connectivity index (χ2v) is 9.13.